The van der Waals surface area contributed by atoms with Gasteiger partial charge >= 0.3 is 0 Å². The quantitative estimate of drug-likeness (QED) is 0.822. The van der Waals surface area contributed by atoms with Crippen molar-refractivity contribution in [2.75, 3.05) is 31.2 Å². The van der Waals surface area contributed by atoms with E-state index < -0.39 is 0 Å². The molecule has 4 rings (SSSR count). The summed E-state index contributed by atoms with van der Waals surface area (Å²) in [4.78, 5) is 9.85. The van der Waals surface area contributed by atoms with E-state index in [2.05, 4.69) is 33.8 Å². The van der Waals surface area contributed by atoms with Crippen LogP contribution in [0.25, 0.3) is 0 Å². The highest BCUT2D eigenvalue weighted by Gasteiger charge is 2.44. The number of hydrogen-bond acceptors (Lipinski definition) is 4. The smallest absolute Gasteiger partial charge is 0.128 e. The van der Waals surface area contributed by atoms with Crippen LogP contribution in [0.1, 0.15) is 24.8 Å². The molecule has 1 aromatic heterocycles. The summed E-state index contributed by atoms with van der Waals surface area (Å²) in [5, 5.41) is 0. The predicted molar refractivity (Wildman–Crippen MR) is 79.1 cm³/mol. The second-order valence-electron chi connectivity index (χ2n) is 6.45. The van der Waals surface area contributed by atoms with Crippen LogP contribution in [0.4, 0.5) is 5.82 Å². The fourth-order valence-electron chi connectivity index (χ4n) is 4.12. The Kier molecular flexibility index (Phi) is 3.15. The summed E-state index contributed by atoms with van der Waals surface area (Å²) < 4.78 is 5.59. The van der Waals surface area contributed by atoms with E-state index in [-0.39, 0.29) is 0 Å². The summed E-state index contributed by atoms with van der Waals surface area (Å²) in [6.07, 6.45) is 5.87. The van der Waals surface area contributed by atoms with E-state index in [1.165, 1.54) is 24.8 Å². The first-order chi connectivity index (χ1) is 9.81. The van der Waals surface area contributed by atoms with Gasteiger partial charge in [0.2, 0.25) is 0 Å². The number of ether oxygens (including phenoxy) is 1. The maximum absolute atomic E-state index is 5.59. The van der Waals surface area contributed by atoms with Crippen molar-refractivity contribution in [2.24, 2.45) is 0 Å². The molecule has 2 bridgehead atoms. The highest BCUT2D eigenvalue weighted by atomic mass is 16.5. The van der Waals surface area contributed by atoms with Crippen molar-refractivity contribution in [1.29, 1.82) is 0 Å². The summed E-state index contributed by atoms with van der Waals surface area (Å²) in [6.45, 7) is 6.24. The lowest BCUT2D eigenvalue weighted by molar-refractivity contribution is 0.0918. The van der Waals surface area contributed by atoms with Crippen molar-refractivity contribution in [3.8, 4) is 0 Å². The number of hydrogen-bond donors (Lipinski definition) is 0. The fourth-order valence-corrected chi connectivity index (χ4v) is 4.12. The molecule has 0 radical (unpaired) electrons. The van der Waals surface area contributed by atoms with Crippen LogP contribution < -0.4 is 4.90 Å². The molecule has 20 heavy (non-hydrogen) atoms. The van der Waals surface area contributed by atoms with E-state index in [9.17, 15) is 0 Å². The van der Waals surface area contributed by atoms with Crippen LogP contribution in [-0.4, -0.2) is 54.3 Å². The molecular weight excluding hydrogens is 250 g/mol. The van der Waals surface area contributed by atoms with E-state index in [0.29, 0.717) is 18.1 Å². The first-order valence-corrected chi connectivity index (χ1v) is 7.84. The summed E-state index contributed by atoms with van der Waals surface area (Å²) in [5.41, 5.74) is 1.23. The Morgan fingerprint density at radius 3 is 2.50 bits per heavy atom. The molecule has 3 saturated heterocycles. The zero-order valence-corrected chi connectivity index (χ0v) is 12.2. The second kappa shape index (κ2) is 5.01. The number of anilines is 1. The minimum Gasteiger partial charge on any atom is -0.380 e. The van der Waals surface area contributed by atoms with Crippen LogP contribution in [0.5, 0.6) is 0 Å². The molecule has 0 saturated carbocycles. The molecule has 0 spiro atoms. The van der Waals surface area contributed by atoms with Crippen LogP contribution in [0, 0.1) is 6.92 Å². The van der Waals surface area contributed by atoms with Crippen LogP contribution >= 0.6 is 0 Å². The third-order valence-electron chi connectivity index (χ3n) is 5.09. The molecular formula is C16H23N3O. The molecule has 3 aliphatic rings. The lowest BCUT2D eigenvalue weighted by atomic mass is 10.1. The van der Waals surface area contributed by atoms with Gasteiger partial charge in [-0.25, -0.2) is 4.98 Å². The van der Waals surface area contributed by atoms with Crippen LogP contribution in [0.2, 0.25) is 0 Å². The van der Waals surface area contributed by atoms with Gasteiger partial charge in [-0.15, -0.1) is 0 Å². The van der Waals surface area contributed by atoms with E-state index in [0.717, 1.165) is 32.1 Å². The Morgan fingerprint density at radius 1 is 1.10 bits per heavy atom. The molecule has 3 fully saturated rings. The molecule has 0 amide bonds. The fraction of sp³-hybridized carbons (Fsp3) is 0.688. The highest BCUT2D eigenvalue weighted by Crippen LogP contribution is 2.35. The Labute approximate surface area is 120 Å². The topological polar surface area (TPSA) is 28.6 Å². The van der Waals surface area contributed by atoms with Gasteiger partial charge in [0.15, 0.2) is 0 Å². The minimum absolute atomic E-state index is 0.667. The third-order valence-corrected chi connectivity index (χ3v) is 5.09. The van der Waals surface area contributed by atoms with Crippen molar-refractivity contribution in [3.05, 3.63) is 23.9 Å². The summed E-state index contributed by atoms with van der Waals surface area (Å²) in [5.74, 6) is 1.15. The van der Waals surface area contributed by atoms with E-state index in [1.807, 2.05) is 6.20 Å². The Bertz CT molecular complexity index is 455. The van der Waals surface area contributed by atoms with Gasteiger partial charge in [-0.3, -0.25) is 4.90 Å². The number of piperazine rings is 1. The van der Waals surface area contributed by atoms with Gasteiger partial charge < -0.3 is 9.64 Å². The zero-order valence-electron chi connectivity index (χ0n) is 12.2. The molecule has 3 aliphatic heterocycles. The molecule has 0 aliphatic carbocycles. The van der Waals surface area contributed by atoms with Gasteiger partial charge in [0.05, 0.1) is 6.61 Å². The first kappa shape index (κ1) is 12.6. The first-order valence-electron chi connectivity index (χ1n) is 7.84. The minimum atomic E-state index is 0.667. The summed E-state index contributed by atoms with van der Waals surface area (Å²) in [7, 11) is 0. The van der Waals surface area contributed by atoms with Crippen molar-refractivity contribution in [2.45, 2.75) is 44.3 Å². The maximum atomic E-state index is 5.59. The normalized spacial score (nSPS) is 33.9. The van der Waals surface area contributed by atoms with Gasteiger partial charge in [0.1, 0.15) is 5.82 Å². The number of fused-ring (bicyclic) bond motifs is 2. The molecule has 1 aromatic rings. The average Bonchev–Trinajstić information content (AvgIpc) is 3.05. The van der Waals surface area contributed by atoms with E-state index >= 15 is 0 Å². The number of aryl methyl sites for hydroxylation is 1. The lowest BCUT2D eigenvalue weighted by Crippen LogP contribution is -2.57. The van der Waals surface area contributed by atoms with Gasteiger partial charge in [-0.1, -0.05) is 6.07 Å². The standard InChI is InChI=1S/C16H23N3O/c1-12-2-5-16(17-8-12)18-9-13-3-4-14(10-18)19(13)15-6-7-20-11-15/h2,5,8,13-15H,3-4,6-7,9-11H2,1H3. The van der Waals surface area contributed by atoms with Crippen LogP contribution in [0.15, 0.2) is 18.3 Å². The van der Waals surface area contributed by atoms with Gasteiger partial charge in [-0.2, -0.15) is 0 Å². The SMILES string of the molecule is Cc1ccc(N2CC3CCC(C2)N3C2CCOC2)nc1. The monoisotopic (exact) mass is 273 g/mol. The number of rotatable bonds is 2. The molecule has 4 nitrogen and oxygen atoms in total. The zero-order chi connectivity index (χ0) is 13.5. The molecule has 0 N–H and O–H groups in total. The van der Waals surface area contributed by atoms with Crippen LogP contribution in [0.3, 0.4) is 0 Å². The van der Waals surface area contributed by atoms with Crippen molar-refractivity contribution >= 4 is 5.82 Å². The summed E-state index contributed by atoms with van der Waals surface area (Å²) >= 11 is 0. The molecule has 0 aromatic carbocycles. The van der Waals surface area contributed by atoms with Gasteiger partial charge in [-0.05, 0) is 37.8 Å². The van der Waals surface area contributed by atoms with Crippen molar-refractivity contribution in [1.82, 2.24) is 9.88 Å². The summed E-state index contributed by atoms with van der Waals surface area (Å²) in [6, 6.07) is 6.40. The van der Waals surface area contributed by atoms with E-state index in [4.69, 9.17) is 4.74 Å². The predicted octanol–water partition coefficient (Wildman–Crippen LogP) is 1.83. The Morgan fingerprint density at radius 2 is 1.90 bits per heavy atom. The third kappa shape index (κ3) is 2.11. The van der Waals surface area contributed by atoms with Crippen molar-refractivity contribution in [3.63, 3.8) is 0 Å². The maximum Gasteiger partial charge on any atom is 0.128 e. The van der Waals surface area contributed by atoms with Crippen LogP contribution in [-0.2, 0) is 4.74 Å². The largest absolute Gasteiger partial charge is 0.380 e. The molecule has 4 heteroatoms. The molecule has 4 heterocycles. The van der Waals surface area contributed by atoms with Gasteiger partial charge in [0, 0.05) is 44.0 Å². The molecule has 108 valence electrons. The molecule has 3 unspecified atom stereocenters. The van der Waals surface area contributed by atoms with E-state index in [1.54, 1.807) is 0 Å². The van der Waals surface area contributed by atoms with Gasteiger partial charge in [0.25, 0.3) is 0 Å². The Hall–Kier alpha value is -1.13. The Balaban J connectivity index is 1.51. The molecule has 3 atom stereocenters. The second-order valence-corrected chi connectivity index (χ2v) is 6.45. The average molecular weight is 273 g/mol. The number of aromatic nitrogens is 1. The highest BCUT2D eigenvalue weighted by molar-refractivity contribution is 5.41. The number of pyridine rings is 1. The van der Waals surface area contributed by atoms with Crippen molar-refractivity contribution < 1.29 is 4.74 Å². The lowest BCUT2D eigenvalue weighted by Gasteiger charge is -2.44. The number of nitrogens with zero attached hydrogens (tertiary/aromatic N) is 3.